The molecule has 0 N–H and O–H groups in total. The molecule has 0 unspecified atom stereocenters. The summed E-state index contributed by atoms with van der Waals surface area (Å²) >= 11 is 0. The molecule has 10 rings (SSSR count). The first kappa shape index (κ1) is 25.1. The van der Waals surface area contributed by atoms with Crippen LogP contribution in [0.4, 0.5) is 0 Å². The van der Waals surface area contributed by atoms with Crippen LogP contribution in [0.1, 0.15) is 0 Å². The van der Waals surface area contributed by atoms with Crippen molar-refractivity contribution in [2.75, 3.05) is 0 Å². The fraction of sp³-hybridized carbons (Fsp3) is 0. The Kier molecular flexibility index (Phi) is 5.25. The van der Waals surface area contributed by atoms with Crippen molar-refractivity contribution in [1.82, 2.24) is 19.1 Å². The maximum atomic E-state index is 4.90. The molecule has 4 heterocycles. The largest absolute Gasteiger partial charge is 0.309 e. The van der Waals surface area contributed by atoms with Gasteiger partial charge in [0.25, 0.3) is 0 Å². The summed E-state index contributed by atoms with van der Waals surface area (Å²) in [6, 6.07) is 52.0. The molecule has 0 spiro atoms. The van der Waals surface area contributed by atoms with Crippen molar-refractivity contribution in [3.8, 4) is 22.8 Å². The molecule has 0 amide bonds. The number of nitrogens with zero attached hydrogens (tertiary/aromatic N) is 4. The molecule has 4 heteroatoms. The third-order valence-corrected chi connectivity index (χ3v) is 9.39. The smallest absolute Gasteiger partial charge is 0.137 e. The fourth-order valence-corrected chi connectivity index (χ4v) is 7.47. The number of hydrogen-bond acceptors (Lipinski definition) is 2. The van der Waals surface area contributed by atoms with Crippen molar-refractivity contribution in [2.24, 2.45) is 0 Å². The average Bonchev–Trinajstić information content (AvgIpc) is 3.65. The van der Waals surface area contributed by atoms with Crippen molar-refractivity contribution in [3.05, 3.63) is 158 Å². The molecule has 0 fully saturated rings. The predicted molar refractivity (Wildman–Crippen MR) is 191 cm³/mol. The maximum Gasteiger partial charge on any atom is 0.137 e. The topological polar surface area (TPSA) is 35.6 Å². The Bertz CT molecular complexity index is 2790. The molecule has 0 aliphatic carbocycles. The van der Waals surface area contributed by atoms with Crippen LogP contribution < -0.4 is 0 Å². The van der Waals surface area contributed by atoms with Crippen LogP contribution in [0, 0.1) is 0 Å². The Hall–Kier alpha value is -6.26. The van der Waals surface area contributed by atoms with Gasteiger partial charge in [-0.3, -0.25) is 9.55 Å². The summed E-state index contributed by atoms with van der Waals surface area (Å²) in [5, 5.41) is 9.89. The van der Waals surface area contributed by atoms with Crippen molar-refractivity contribution in [2.45, 2.75) is 0 Å². The number of rotatable bonds is 3. The molecule has 6 aromatic carbocycles. The second-order valence-corrected chi connectivity index (χ2v) is 11.8. The monoisotopic (exact) mass is 586 g/mol. The molecule has 0 saturated carbocycles. The van der Waals surface area contributed by atoms with E-state index in [0.717, 1.165) is 33.8 Å². The number of pyridine rings is 2. The minimum Gasteiger partial charge on any atom is -0.309 e. The van der Waals surface area contributed by atoms with Gasteiger partial charge in [0.05, 0.1) is 27.8 Å². The molecule has 0 atom stereocenters. The highest BCUT2D eigenvalue weighted by molar-refractivity contribution is 6.32. The van der Waals surface area contributed by atoms with E-state index in [4.69, 9.17) is 4.98 Å². The van der Waals surface area contributed by atoms with Gasteiger partial charge < -0.3 is 4.57 Å². The van der Waals surface area contributed by atoms with Crippen LogP contribution in [-0.4, -0.2) is 19.1 Å². The number of fused-ring (bicyclic) bond motifs is 11. The van der Waals surface area contributed by atoms with Gasteiger partial charge in [0, 0.05) is 50.6 Å². The van der Waals surface area contributed by atoms with E-state index in [1.807, 2.05) is 30.6 Å². The zero-order valence-electron chi connectivity index (χ0n) is 24.8. The first-order valence-corrected chi connectivity index (χ1v) is 15.6. The van der Waals surface area contributed by atoms with Crippen LogP contribution in [0.5, 0.6) is 0 Å². The van der Waals surface area contributed by atoms with Crippen LogP contribution >= 0.6 is 0 Å². The summed E-state index contributed by atoms with van der Waals surface area (Å²) in [5.41, 5.74) is 7.79. The van der Waals surface area contributed by atoms with Gasteiger partial charge in [-0.15, -0.1) is 0 Å². The number of hydrogen-bond donors (Lipinski definition) is 0. The van der Waals surface area contributed by atoms with Crippen molar-refractivity contribution in [3.63, 3.8) is 0 Å². The molecular weight excluding hydrogens is 560 g/mol. The summed E-state index contributed by atoms with van der Waals surface area (Å²) in [4.78, 5) is 9.55. The summed E-state index contributed by atoms with van der Waals surface area (Å²) in [6.07, 6.45) is 3.74. The summed E-state index contributed by atoms with van der Waals surface area (Å²) in [7, 11) is 0. The lowest BCUT2D eigenvalue weighted by atomic mass is 9.97. The maximum absolute atomic E-state index is 4.90. The molecule has 0 aliphatic heterocycles. The lowest BCUT2D eigenvalue weighted by Crippen LogP contribution is -1.99. The Balaban J connectivity index is 1.36. The summed E-state index contributed by atoms with van der Waals surface area (Å²) in [5.74, 6) is 0.903. The molecule has 0 bridgehead atoms. The van der Waals surface area contributed by atoms with Crippen molar-refractivity contribution >= 4 is 65.2 Å². The summed E-state index contributed by atoms with van der Waals surface area (Å²) in [6.45, 7) is 0. The molecule has 0 aliphatic rings. The van der Waals surface area contributed by atoms with Crippen LogP contribution in [0.15, 0.2) is 158 Å². The second kappa shape index (κ2) is 9.62. The van der Waals surface area contributed by atoms with Gasteiger partial charge >= 0.3 is 0 Å². The first-order chi connectivity index (χ1) is 22.8. The normalized spacial score (nSPS) is 11.9. The number of benzene rings is 6. The van der Waals surface area contributed by atoms with E-state index in [9.17, 15) is 0 Å². The average molecular weight is 587 g/mol. The Morgan fingerprint density at radius 1 is 0.391 bits per heavy atom. The highest BCUT2D eigenvalue weighted by Gasteiger charge is 2.21. The Morgan fingerprint density at radius 2 is 1.02 bits per heavy atom. The van der Waals surface area contributed by atoms with Gasteiger partial charge in [-0.25, -0.2) is 4.98 Å². The lowest BCUT2D eigenvalue weighted by Gasteiger charge is -2.12. The zero-order valence-corrected chi connectivity index (χ0v) is 24.8. The van der Waals surface area contributed by atoms with E-state index in [-0.39, 0.29) is 0 Å². The van der Waals surface area contributed by atoms with Crippen molar-refractivity contribution < 1.29 is 0 Å². The van der Waals surface area contributed by atoms with Gasteiger partial charge in [-0.05, 0) is 64.7 Å². The van der Waals surface area contributed by atoms with Gasteiger partial charge in [0.1, 0.15) is 5.82 Å². The van der Waals surface area contributed by atoms with E-state index in [1.54, 1.807) is 0 Å². The van der Waals surface area contributed by atoms with Crippen LogP contribution in [0.2, 0.25) is 0 Å². The highest BCUT2D eigenvalue weighted by Crippen LogP contribution is 2.43. The molecule has 214 valence electrons. The molecular formula is C42H26N4. The minimum absolute atomic E-state index is 0.903. The lowest BCUT2D eigenvalue weighted by molar-refractivity contribution is 1.08. The number of aromatic nitrogens is 4. The zero-order chi connectivity index (χ0) is 30.2. The quantitative estimate of drug-likeness (QED) is 0.193. The fourth-order valence-electron chi connectivity index (χ4n) is 7.47. The standard InChI is InChI=1S/C42H26N4/c1-3-14-33-29(11-1)30-12-2-4-15-34(30)42-41(33)35-22-20-28(26-39(35)46(42)40-18-8-10-24-44-40)45-37-17-6-5-13-31(37)32-21-19-27(25-38(32)45)36-16-7-9-23-43-36/h1-26H. The van der Waals surface area contributed by atoms with Crippen LogP contribution in [0.25, 0.3) is 87.9 Å². The molecule has 0 saturated heterocycles. The Morgan fingerprint density at radius 3 is 1.80 bits per heavy atom. The van der Waals surface area contributed by atoms with E-state index < -0.39 is 0 Å². The van der Waals surface area contributed by atoms with Gasteiger partial charge in [0.2, 0.25) is 0 Å². The molecule has 46 heavy (non-hydrogen) atoms. The van der Waals surface area contributed by atoms with Crippen LogP contribution in [0.3, 0.4) is 0 Å². The Labute approximate surface area is 264 Å². The van der Waals surface area contributed by atoms with E-state index in [0.29, 0.717) is 0 Å². The predicted octanol–water partition coefficient (Wildman–Crippen LogP) is 10.6. The minimum atomic E-state index is 0.903. The molecule has 4 aromatic heterocycles. The molecule has 0 radical (unpaired) electrons. The van der Waals surface area contributed by atoms with Gasteiger partial charge in [-0.2, -0.15) is 0 Å². The molecule has 10 aromatic rings. The van der Waals surface area contributed by atoms with Gasteiger partial charge in [-0.1, -0.05) is 97.1 Å². The van der Waals surface area contributed by atoms with Crippen molar-refractivity contribution in [1.29, 1.82) is 0 Å². The SMILES string of the molecule is c1ccc(-c2ccc3c4ccccc4n(-c4ccc5c6c7ccccc7c7ccccc7c6n(-c6ccccn6)c5c4)c3c2)nc1. The highest BCUT2D eigenvalue weighted by atomic mass is 15.1. The third-order valence-electron chi connectivity index (χ3n) is 9.39. The van der Waals surface area contributed by atoms with E-state index in [2.05, 4.69) is 142 Å². The third kappa shape index (κ3) is 3.49. The van der Waals surface area contributed by atoms with E-state index >= 15 is 0 Å². The van der Waals surface area contributed by atoms with Gasteiger partial charge in [0.15, 0.2) is 0 Å². The molecule has 4 nitrogen and oxygen atoms in total. The number of para-hydroxylation sites is 1. The first-order valence-electron chi connectivity index (χ1n) is 15.6. The second-order valence-electron chi connectivity index (χ2n) is 11.8. The van der Waals surface area contributed by atoms with Crippen LogP contribution in [-0.2, 0) is 0 Å². The summed E-state index contributed by atoms with van der Waals surface area (Å²) < 4.78 is 4.75. The van der Waals surface area contributed by atoms with E-state index in [1.165, 1.54) is 54.1 Å².